The number of ether oxygens (including phenoxy) is 3. The van der Waals surface area contributed by atoms with Gasteiger partial charge in [-0.3, -0.25) is 0 Å². The first kappa shape index (κ1) is 20.7. The second-order valence-corrected chi connectivity index (χ2v) is 6.28. The van der Waals surface area contributed by atoms with Crippen molar-refractivity contribution in [3.63, 3.8) is 0 Å². The zero-order valence-corrected chi connectivity index (χ0v) is 16.1. The second kappa shape index (κ2) is 12.7. The summed E-state index contributed by atoms with van der Waals surface area (Å²) in [4.78, 5) is 4.68. The minimum Gasteiger partial charge on any atom is -0.379 e. The molecule has 146 valence electrons. The van der Waals surface area contributed by atoms with E-state index in [1.54, 1.807) is 0 Å². The van der Waals surface area contributed by atoms with Crippen molar-refractivity contribution in [3.8, 4) is 0 Å². The van der Waals surface area contributed by atoms with Gasteiger partial charge < -0.3 is 24.8 Å². The van der Waals surface area contributed by atoms with E-state index in [9.17, 15) is 0 Å². The summed E-state index contributed by atoms with van der Waals surface area (Å²) < 4.78 is 16.6. The molecular formula is C20H33N3O3. The highest BCUT2D eigenvalue weighted by Gasteiger charge is 2.15. The lowest BCUT2D eigenvalue weighted by Crippen LogP contribution is -2.41. The van der Waals surface area contributed by atoms with Crippen molar-refractivity contribution in [1.29, 1.82) is 0 Å². The van der Waals surface area contributed by atoms with Crippen LogP contribution < -0.4 is 10.6 Å². The molecule has 2 rings (SSSR count). The molecule has 6 nitrogen and oxygen atoms in total. The Balaban J connectivity index is 1.80. The Kier molecular flexibility index (Phi) is 10.1. The van der Waals surface area contributed by atoms with Gasteiger partial charge in [-0.1, -0.05) is 24.3 Å². The average Bonchev–Trinajstić information content (AvgIpc) is 3.18. The Morgan fingerprint density at radius 3 is 2.81 bits per heavy atom. The van der Waals surface area contributed by atoms with Crippen LogP contribution >= 0.6 is 0 Å². The van der Waals surface area contributed by atoms with E-state index in [4.69, 9.17) is 14.2 Å². The maximum atomic E-state index is 5.65. The lowest BCUT2D eigenvalue weighted by molar-refractivity contribution is 0.0453. The molecule has 1 unspecified atom stereocenters. The van der Waals surface area contributed by atoms with Gasteiger partial charge in [0, 0.05) is 26.3 Å². The van der Waals surface area contributed by atoms with Crippen molar-refractivity contribution in [1.82, 2.24) is 10.6 Å². The van der Waals surface area contributed by atoms with Crippen LogP contribution in [0.15, 0.2) is 29.3 Å². The molecule has 0 spiro atoms. The van der Waals surface area contributed by atoms with Gasteiger partial charge in [-0.2, -0.15) is 0 Å². The standard InChI is InChI=1S/C20H33N3O3/c1-3-21-20(23-15-19-9-6-10-26-19)22-14-17-7-5-8-18(13-17)16-25-12-11-24-4-2/h5,7-8,13,19H,3-4,6,9-12,14-16H2,1-2H3,(H2,21,22,23). The van der Waals surface area contributed by atoms with Crippen molar-refractivity contribution in [2.45, 2.75) is 45.9 Å². The highest BCUT2D eigenvalue weighted by molar-refractivity contribution is 5.79. The maximum Gasteiger partial charge on any atom is 0.191 e. The predicted octanol–water partition coefficient (Wildman–Crippen LogP) is 2.47. The number of benzene rings is 1. The summed E-state index contributed by atoms with van der Waals surface area (Å²) >= 11 is 0. The highest BCUT2D eigenvalue weighted by atomic mass is 16.5. The number of hydrogen-bond acceptors (Lipinski definition) is 4. The van der Waals surface area contributed by atoms with Crippen LogP contribution in [0.2, 0.25) is 0 Å². The van der Waals surface area contributed by atoms with Gasteiger partial charge in [0.05, 0.1) is 32.5 Å². The molecule has 1 aliphatic heterocycles. The van der Waals surface area contributed by atoms with Crippen molar-refractivity contribution in [3.05, 3.63) is 35.4 Å². The van der Waals surface area contributed by atoms with E-state index in [1.807, 2.05) is 6.92 Å². The van der Waals surface area contributed by atoms with Crippen LogP contribution in [-0.2, 0) is 27.4 Å². The molecule has 1 aromatic rings. The summed E-state index contributed by atoms with van der Waals surface area (Å²) in [6.45, 7) is 9.80. The van der Waals surface area contributed by atoms with Crippen LogP contribution in [0, 0.1) is 0 Å². The van der Waals surface area contributed by atoms with Gasteiger partial charge in [0.1, 0.15) is 0 Å². The zero-order valence-electron chi connectivity index (χ0n) is 16.1. The molecule has 1 aromatic carbocycles. The molecule has 1 fully saturated rings. The summed E-state index contributed by atoms with van der Waals surface area (Å²) in [5.74, 6) is 0.835. The van der Waals surface area contributed by atoms with Crippen LogP contribution in [0.4, 0.5) is 0 Å². The maximum absolute atomic E-state index is 5.65. The van der Waals surface area contributed by atoms with E-state index in [0.717, 1.165) is 50.7 Å². The molecule has 0 aromatic heterocycles. The Morgan fingerprint density at radius 2 is 2.04 bits per heavy atom. The van der Waals surface area contributed by atoms with Gasteiger partial charge in [-0.05, 0) is 37.8 Å². The molecule has 0 amide bonds. The van der Waals surface area contributed by atoms with Crippen LogP contribution in [0.5, 0.6) is 0 Å². The molecule has 2 N–H and O–H groups in total. The summed E-state index contributed by atoms with van der Waals surface area (Å²) in [7, 11) is 0. The third kappa shape index (κ3) is 8.17. The molecule has 1 saturated heterocycles. The number of nitrogens with zero attached hydrogens (tertiary/aromatic N) is 1. The SMILES string of the molecule is CCNC(=NCc1cccc(COCCOCC)c1)NCC1CCCO1. The third-order valence-electron chi connectivity index (χ3n) is 4.12. The smallest absolute Gasteiger partial charge is 0.191 e. The quantitative estimate of drug-likeness (QED) is 0.359. The van der Waals surface area contributed by atoms with Crippen molar-refractivity contribution in [2.24, 2.45) is 4.99 Å². The zero-order chi connectivity index (χ0) is 18.5. The Labute approximate surface area is 157 Å². The topological polar surface area (TPSA) is 64.1 Å². The lowest BCUT2D eigenvalue weighted by Gasteiger charge is -2.15. The van der Waals surface area contributed by atoms with E-state index in [0.29, 0.717) is 32.5 Å². The molecule has 26 heavy (non-hydrogen) atoms. The van der Waals surface area contributed by atoms with E-state index < -0.39 is 0 Å². The fraction of sp³-hybridized carbons (Fsp3) is 0.650. The first-order valence-corrected chi connectivity index (χ1v) is 9.69. The summed E-state index contributed by atoms with van der Waals surface area (Å²) in [5, 5.41) is 6.67. The van der Waals surface area contributed by atoms with Crippen molar-refractivity contribution in [2.75, 3.05) is 39.5 Å². The fourth-order valence-corrected chi connectivity index (χ4v) is 2.80. The Hall–Kier alpha value is -1.63. The summed E-state index contributed by atoms with van der Waals surface area (Å²) in [6, 6.07) is 8.37. The normalized spacial score (nSPS) is 17.5. The number of hydrogen-bond donors (Lipinski definition) is 2. The summed E-state index contributed by atoms with van der Waals surface area (Å²) in [6.07, 6.45) is 2.58. The van der Waals surface area contributed by atoms with Crippen LogP contribution in [0.3, 0.4) is 0 Å². The first-order chi connectivity index (χ1) is 12.8. The van der Waals surface area contributed by atoms with Crippen molar-refractivity contribution >= 4 is 5.96 Å². The monoisotopic (exact) mass is 363 g/mol. The minimum absolute atomic E-state index is 0.302. The van der Waals surface area contributed by atoms with E-state index >= 15 is 0 Å². The van der Waals surface area contributed by atoms with Gasteiger partial charge in [-0.15, -0.1) is 0 Å². The van der Waals surface area contributed by atoms with E-state index in [2.05, 4.69) is 46.8 Å². The lowest BCUT2D eigenvalue weighted by atomic mass is 10.1. The molecule has 0 saturated carbocycles. The van der Waals surface area contributed by atoms with Crippen LogP contribution in [-0.4, -0.2) is 51.6 Å². The Morgan fingerprint density at radius 1 is 1.19 bits per heavy atom. The van der Waals surface area contributed by atoms with E-state index in [-0.39, 0.29) is 0 Å². The van der Waals surface area contributed by atoms with Crippen LogP contribution in [0.25, 0.3) is 0 Å². The molecule has 0 radical (unpaired) electrons. The van der Waals surface area contributed by atoms with Gasteiger partial charge in [0.2, 0.25) is 0 Å². The minimum atomic E-state index is 0.302. The molecular weight excluding hydrogens is 330 g/mol. The summed E-state index contributed by atoms with van der Waals surface area (Å²) in [5.41, 5.74) is 2.33. The second-order valence-electron chi connectivity index (χ2n) is 6.28. The van der Waals surface area contributed by atoms with Crippen molar-refractivity contribution < 1.29 is 14.2 Å². The highest BCUT2D eigenvalue weighted by Crippen LogP contribution is 2.11. The number of guanidine groups is 1. The van der Waals surface area contributed by atoms with E-state index in [1.165, 1.54) is 5.56 Å². The first-order valence-electron chi connectivity index (χ1n) is 9.69. The fourth-order valence-electron chi connectivity index (χ4n) is 2.80. The molecule has 6 heteroatoms. The third-order valence-corrected chi connectivity index (χ3v) is 4.12. The van der Waals surface area contributed by atoms with Gasteiger partial charge in [0.15, 0.2) is 5.96 Å². The Bertz CT molecular complexity index is 531. The number of aliphatic imine (C=N–C) groups is 1. The molecule has 0 bridgehead atoms. The van der Waals surface area contributed by atoms with Gasteiger partial charge in [-0.25, -0.2) is 4.99 Å². The molecule has 1 atom stereocenters. The van der Waals surface area contributed by atoms with Gasteiger partial charge in [0.25, 0.3) is 0 Å². The molecule has 0 aliphatic carbocycles. The molecule has 1 aliphatic rings. The largest absolute Gasteiger partial charge is 0.379 e. The average molecular weight is 364 g/mol. The van der Waals surface area contributed by atoms with Gasteiger partial charge >= 0.3 is 0 Å². The van der Waals surface area contributed by atoms with Crippen LogP contribution in [0.1, 0.15) is 37.8 Å². The molecule has 1 heterocycles. The predicted molar refractivity (Wildman–Crippen MR) is 104 cm³/mol. The number of rotatable bonds is 11. The number of nitrogens with one attached hydrogen (secondary N) is 2.